The van der Waals surface area contributed by atoms with Crippen molar-refractivity contribution in [2.45, 2.75) is 56.0 Å². The fourth-order valence-electron chi connectivity index (χ4n) is 5.18. The van der Waals surface area contributed by atoms with Gasteiger partial charge in [-0.15, -0.1) is 11.3 Å². The fourth-order valence-corrected chi connectivity index (χ4v) is 8.61. The molecule has 208 valence electrons. The van der Waals surface area contributed by atoms with Gasteiger partial charge in [0, 0.05) is 28.9 Å². The highest BCUT2D eigenvalue weighted by molar-refractivity contribution is 7.89. The lowest BCUT2D eigenvalue weighted by atomic mass is 10.0. The van der Waals surface area contributed by atoms with Crippen molar-refractivity contribution >= 4 is 66.5 Å². The second-order valence-corrected chi connectivity index (χ2v) is 14.4. The van der Waals surface area contributed by atoms with Crippen LogP contribution < -0.4 is 10.6 Å². The number of hydrogen-bond acceptors (Lipinski definition) is 5. The van der Waals surface area contributed by atoms with Crippen molar-refractivity contribution in [2.24, 2.45) is 11.8 Å². The van der Waals surface area contributed by atoms with Gasteiger partial charge in [0.25, 0.3) is 5.91 Å². The number of hydrogen-bond donors (Lipinski definition) is 2. The highest BCUT2D eigenvalue weighted by Gasteiger charge is 2.62. The first kappa shape index (κ1) is 28.4. The highest BCUT2D eigenvalue weighted by Crippen LogP contribution is 2.49. The molecule has 2 unspecified atom stereocenters. The SMILES string of the molecule is CC(C)C1CC1(NC(=O)c1cc2ccccc2s1)C(=O)NCCCN(C1CC1)S(=O)(=O)c1ccc(Cl)cc1Cl. The van der Waals surface area contributed by atoms with Gasteiger partial charge in [-0.3, -0.25) is 9.59 Å². The second kappa shape index (κ2) is 11.0. The molecule has 2 atom stereocenters. The molecule has 0 aliphatic heterocycles. The molecule has 5 rings (SSSR count). The first-order chi connectivity index (χ1) is 18.5. The fraction of sp³-hybridized carbons (Fsp3) is 0.429. The molecule has 0 radical (unpaired) electrons. The normalized spacial score (nSPS) is 20.9. The molecule has 3 aromatic rings. The minimum atomic E-state index is -3.81. The topological polar surface area (TPSA) is 95.6 Å². The van der Waals surface area contributed by atoms with Crippen LogP contribution in [0.1, 0.15) is 49.2 Å². The summed E-state index contributed by atoms with van der Waals surface area (Å²) >= 11 is 13.6. The smallest absolute Gasteiger partial charge is 0.262 e. The van der Waals surface area contributed by atoms with E-state index in [1.165, 1.54) is 33.8 Å². The van der Waals surface area contributed by atoms with E-state index in [9.17, 15) is 18.0 Å². The number of carbonyl (C=O) groups excluding carboxylic acids is 2. The van der Waals surface area contributed by atoms with E-state index >= 15 is 0 Å². The Kier molecular flexibility index (Phi) is 8.01. The van der Waals surface area contributed by atoms with E-state index in [1.54, 1.807) is 0 Å². The number of nitrogens with zero attached hydrogens (tertiary/aromatic N) is 1. The van der Waals surface area contributed by atoms with Crippen molar-refractivity contribution in [2.75, 3.05) is 13.1 Å². The molecule has 2 saturated carbocycles. The Morgan fingerprint density at radius 1 is 1.13 bits per heavy atom. The summed E-state index contributed by atoms with van der Waals surface area (Å²) in [5.41, 5.74) is -0.958. The molecule has 0 saturated heterocycles. The number of amides is 2. The number of rotatable bonds is 11. The summed E-state index contributed by atoms with van der Waals surface area (Å²) in [5, 5.41) is 7.46. The predicted molar refractivity (Wildman–Crippen MR) is 156 cm³/mol. The molecule has 0 spiro atoms. The van der Waals surface area contributed by atoms with Crippen molar-refractivity contribution in [3.8, 4) is 0 Å². The summed E-state index contributed by atoms with van der Waals surface area (Å²) in [5.74, 6) is -0.220. The third-order valence-electron chi connectivity index (χ3n) is 7.49. The summed E-state index contributed by atoms with van der Waals surface area (Å²) in [6, 6.07) is 14.0. The van der Waals surface area contributed by atoms with Crippen LogP contribution >= 0.6 is 34.5 Å². The molecule has 7 nitrogen and oxygen atoms in total. The summed E-state index contributed by atoms with van der Waals surface area (Å²) in [6.07, 6.45) is 2.59. The minimum absolute atomic E-state index is 0.0326. The van der Waals surface area contributed by atoms with Crippen molar-refractivity contribution in [1.29, 1.82) is 0 Å². The van der Waals surface area contributed by atoms with E-state index in [4.69, 9.17) is 23.2 Å². The summed E-state index contributed by atoms with van der Waals surface area (Å²) in [6.45, 7) is 4.63. The Labute approximate surface area is 242 Å². The first-order valence-electron chi connectivity index (χ1n) is 13.1. The molecule has 1 aromatic heterocycles. The maximum Gasteiger partial charge on any atom is 0.262 e. The van der Waals surface area contributed by atoms with Crippen LogP contribution in [-0.4, -0.2) is 49.2 Å². The van der Waals surface area contributed by atoms with Crippen LogP contribution in [0.4, 0.5) is 0 Å². The van der Waals surface area contributed by atoms with Gasteiger partial charge in [-0.1, -0.05) is 55.2 Å². The maximum atomic E-state index is 13.4. The molecule has 2 N–H and O–H groups in total. The van der Waals surface area contributed by atoms with Crippen molar-refractivity contribution < 1.29 is 18.0 Å². The molecule has 2 aliphatic rings. The standard InChI is InChI=1S/C28H31Cl2N3O4S2/c1-17(2)21-16-28(21,32-26(34)24-14-18-6-3-4-7-23(18)38-24)27(35)31-12-5-13-33(20-9-10-20)39(36,37)25-11-8-19(29)15-22(25)30/h3-4,6-8,11,14-15,17,20-21H,5,9-10,12-13,16H2,1-2H3,(H,31,35)(H,32,34). The van der Waals surface area contributed by atoms with Crippen LogP contribution in [0.2, 0.25) is 10.0 Å². The summed E-state index contributed by atoms with van der Waals surface area (Å²) in [7, 11) is -3.81. The van der Waals surface area contributed by atoms with Gasteiger partial charge < -0.3 is 10.6 Å². The number of fused-ring (bicyclic) bond motifs is 1. The Balaban J connectivity index is 1.22. The monoisotopic (exact) mass is 607 g/mol. The van der Waals surface area contributed by atoms with E-state index in [2.05, 4.69) is 10.6 Å². The van der Waals surface area contributed by atoms with Gasteiger partial charge in [-0.2, -0.15) is 4.31 Å². The van der Waals surface area contributed by atoms with E-state index in [-0.39, 0.29) is 52.7 Å². The number of carbonyl (C=O) groups is 2. The van der Waals surface area contributed by atoms with Crippen molar-refractivity contribution in [1.82, 2.24) is 14.9 Å². The van der Waals surface area contributed by atoms with Crippen molar-refractivity contribution in [3.63, 3.8) is 0 Å². The number of thiophene rings is 1. The number of nitrogens with one attached hydrogen (secondary N) is 2. The molecule has 2 amide bonds. The van der Waals surface area contributed by atoms with Gasteiger partial charge in [-0.25, -0.2) is 8.42 Å². The van der Waals surface area contributed by atoms with Crippen LogP contribution in [0.15, 0.2) is 53.4 Å². The predicted octanol–water partition coefficient (Wildman–Crippen LogP) is 5.71. The van der Waals surface area contributed by atoms with Gasteiger partial charge in [0.05, 0.1) is 9.90 Å². The van der Waals surface area contributed by atoms with Crippen LogP contribution in [0.25, 0.3) is 10.1 Å². The number of halogens is 2. The Hall–Kier alpha value is -2.17. The Morgan fingerprint density at radius 2 is 1.87 bits per heavy atom. The zero-order chi connectivity index (χ0) is 27.9. The second-order valence-electron chi connectivity index (χ2n) is 10.7. The highest BCUT2D eigenvalue weighted by atomic mass is 35.5. The lowest BCUT2D eigenvalue weighted by Crippen LogP contribution is -2.51. The summed E-state index contributed by atoms with van der Waals surface area (Å²) < 4.78 is 29.2. The van der Waals surface area contributed by atoms with Gasteiger partial charge in [0.15, 0.2) is 0 Å². The zero-order valence-electron chi connectivity index (χ0n) is 21.7. The molecular weight excluding hydrogens is 577 g/mol. The van der Waals surface area contributed by atoms with Gasteiger partial charge in [0.2, 0.25) is 15.9 Å². The molecular formula is C28H31Cl2N3O4S2. The summed E-state index contributed by atoms with van der Waals surface area (Å²) in [4.78, 5) is 27.2. The molecule has 0 bridgehead atoms. The van der Waals surface area contributed by atoms with Crippen LogP contribution in [0.5, 0.6) is 0 Å². The Morgan fingerprint density at radius 3 is 2.51 bits per heavy atom. The van der Waals surface area contributed by atoms with Crippen molar-refractivity contribution in [3.05, 3.63) is 63.5 Å². The quantitative estimate of drug-likeness (QED) is 0.273. The van der Waals surface area contributed by atoms with Crippen LogP contribution in [-0.2, 0) is 14.8 Å². The molecule has 2 fully saturated rings. The average molecular weight is 609 g/mol. The number of sulfonamides is 1. The molecule has 2 aromatic carbocycles. The molecule has 39 heavy (non-hydrogen) atoms. The minimum Gasteiger partial charge on any atom is -0.354 e. The molecule has 1 heterocycles. The molecule has 11 heteroatoms. The van der Waals surface area contributed by atoms with Gasteiger partial charge in [0.1, 0.15) is 10.4 Å². The van der Waals surface area contributed by atoms with Gasteiger partial charge in [-0.05, 0) is 73.2 Å². The lowest BCUT2D eigenvalue weighted by molar-refractivity contribution is -0.124. The number of benzene rings is 2. The van der Waals surface area contributed by atoms with Crippen LogP contribution in [0.3, 0.4) is 0 Å². The lowest BCUT2D eigenvalue weighted by Gasteiger charge is -2.23. The van der Waals surface area contributed by atoms with E-state index in [1.807, 2.05) is 44.2 Å². The molecule has 2 aliphatic carbocycles. The van der Waals surface area contributed by atoms with E-state index in [0.717, 1.165) is 22.9 Å². The van der Waals surface area contributed by atoms with Crippen LogP contribution in [0, 0.1) is 11.8 Å². The Bertz CT molecular complexity index is 1490. The first-order valence-corrected chi connectivity index (χ1v) is 16.1. The zero-order valence-corrected chi connectivity index (χ0v) is 24.9. The van der Waals surface area contributed by atoms with E-state index in [0.29, 0.717) is 22.7 Å². The maximum absolute atomic E-state index is 13.4. The van der Waals surface area contributed by atoms with E-state index < -0.39 is 15.6 Å². The average Bonchev–Trinajstić information content (AvgIpc) is 3.80. The van der Waals surface area contributed by atoms with Gasteiger partial charge >= 0.3 is 0 Å². The third-order valence-corrected chi connectivity index (χ3v) is 11.3. The largest absolute Gasteiger partial charge is 0.354 e. The third kappa shape index (κ3) is 5.84.